The molecule has 0 saturated carbocycles. The van der Waals surface area contributed by atoms with E-state index in [4.69, 9.17) is 5.73 Å². The van der Waals surface area contributed by atoms with Crippen LogP contribution in [0.2, 0.25) is 0 Å². The highest BCUT2D eigenvalue weighted by molar-refractivity contribution is 5.93. The first-order chi connectivity index (χ1) is 8.73. The zero-order valence-electron chi connectivity index (χ0n) is 11.6. The molecular formula is C13H19N3O3. The lowest BCUT2D eigenvalue weighted by atomic mass is 10.0. The van der Waals surface area contributed by atoms with Crippen molar-refractivity contribution in [1.29, 1.82) is 0 Å². The van der Waals surface area contributed by atoms with Crippen molar-refractivity contribution in [2.45, 2.75) is 33.7 Å². The van der Waals surface area contributed by atoms with Crippen LogP contribution < -0.4 is 11.1 Å². The van der Waals surface area contributed by atoms with Gasteiger partial charge in [-0.25, -0.2) is 0 Å². The van der Waals surface area contributed by atoms with Gasteiger partial charge < -0.3 is 11.1 Å². The van der Waals surface area contributed by atoms with E-state index in [0.717, 1.165) is 5.56 Å². The second-order valence-corrected chi connectivity index (χ2v) is 4.85. The van der Waals surface area contributed by atoms with Crippen molar-refractivity contribution < 1.29 is 9.72 Å². The minimum atomic E-state index is -0.459. The Morgan fingerprint density at radius 3 is 2.37 bits per heavy atom. The lowest BCUT2D eigenvalue weighted by Gasteiger charge is -2.16. The topological polar surface area (TPSA) is 98.3 Å². The number of aryl methyl sites for hydroxylation is 2. The summed E-state index contributed by atoms with van der Waals surface area (Å²) in [5, 5.41) is 13.6. The zero-order chi connectivity index (χ0) is 14.7. The minimum Gasteiger partial charge on any atom is -0.327 e. The molecule has 0 aliphatic heterocycles. The van der Waals surface area contributed by atoms with Crippen LogP contribution in [0.15, 0.2) is 12.1 Å². The van der Waals surface area contributed by atoms with Crippen molar-refractivity contribution in [2.75, 3.05) is 5.32 Å². The number of rotatable bonds is 4. The number of anilines is 1. The molecule has 0 fully saturated rings. The molecule has 0 radical (unpaired) electrons. The number of carbonyl (C=O) groups is 1. The number of hydrogen-bond donors (Lipinski definition) is 2. The number of nitro groups is 1. The van der Waals surface area contributed by atoms with E-state index < -0.39 is 4.92 Å². The normalized spacial score (nSPS) is 13.7. The molecule has 2 unspecified atom stereocenters. The summed E-state index contributed by atoms with van der Waals surface area (Å²) < 4.78 is 0. The van der Waals surface area contributed by atoms with Gasteiger partial charge in [-0.2, -0.15) is 0 Å². The molecule has 0 bridgehead atoms. The summed E-state index contributed by atoms with van der Waals surface area (Å²) in [6.45, 7) is 6.93. The van der Waals surface area contributed by atoms with Crippen molar-refractivity contribution >= 4 is 17.3 Å². The third-order valence-electron chi connectivity index (χ3n) is 3.20. The summed E-state index contributed by atoms with van der Waals surface area (Å²) in [6.07, 6.45) is 0. The van der Waals surface area contributed by atoms with E-state index in [1.807, 2.05) is 0 Å². The van der Waals surface area contributed by atoms with E-state index >= 15 is 0 Å². The van der Waals surface area contributed by atoms with Crippen LogP contribution in [0, 0.1) is 29.9 Å². The summed E-state index contributed by atoms with van der Waals surface area (Å²) >= 11 is 0. The first kappa shape index (κ1) is 15.1. The fourth-order valence-corrected chi connectivity index (χ4v) is 1.66. The van der Waals surface area contributed by atoms with Crippen LogP contribution in [0.3, 0.4) is 0 Å². The lowest BCUT2D eigenvalue weighted by molar-refractivity contribution is -0.385. The number of benzene rings is 1. The quantitative estimate of drug-likeness (QED) is 0.643. The number of nitrogens with zero attached hydrogens (tertiary/aromatic N) is 1. The Balaban J connectivity index is 3.05. The highest BCUT2D eigenvalue weighted by Gasteiger charge is 2.20. The Labute approximate surface area is 112 Å². The first-order valence-corrected chi connectivity index (χ1v) is 6.06. The lowest BCUT2D eigenvalue weighted by Crippen LogP contribution is -2.34. The van der Waals surface area contributed by atoms with Crippen LogP contribution in [0.4, 0.5) is 11.4 Å². The Morgan fingerprint density at radius 1 is 1.32 bits per heavy atom. The SMILES string of the molecule is Cc1cc(C)c([N+](=O)[O-])cc1NC(=O)C(C)C(C)N. The van der Waals surface area contributed by atoms with Crippen molar-refractivity contribution in [3.05, 3.63) is 33.4 Å². The zero-order valence-corrected chi connectivity index (χ0v) is 11.6. The molecule has 104 valence electrons. The van der Waals surface area contributed by atoms with Crippen LogP contribution in [0.1, 0.15) is 25.0 Å². The van der Waals surface area contributed by atoms with Crippen molar-refractivity contribution in [3.63, 3.8) is 0 Å². The van der Waals surface area contributed by atoms with Gasteiger partial charge in [0, 0.05) is 17.7 Å². The van der Waals surface area contributed by atoms with E-state index in [1.165, 1.54) is 6.07 Å². The maximum absolute atomic E-state index is 11.9. The molecule has 6 heteroatoms. The molecule has 3 N–H and O–H groups in total. The molecule has 0 spiro atoms. The number of nitrogens with one attached hydrogen (secondary N) is 1. The Bertz CT molecular complexity index is 512. The van der Waals surface area contributed by atoms with Crippen LogP contribution >= 0.6 is 0 Å². The molecule has 1 aromatic carbocycles. The highest BCUT2D eigenvalue weighted by atomic mass is 16.6. The molecule has 19 heavy (non-hydrogen) atoms. The fourth-order valence-electron chi connectivity index (χ4n) is 1.66. The number of nitro benzene ring substituents is 1. The minimum absolute atomic E-state index is 0.00523. The highest BCUT2D eigenvalue weighted by Crippen LogP contribution is 2.26. The molecule has 1 aromatic rings. The molecule has 2 atom stereocenters. The number of hydrogen-bond acceptors (Lipinski definition) is 4. The largest absolute Gasteiger partial charge is 0.327 e. The Hall–Kier alpha value is -1.95. The summed E-state index contributed by atoms with van der Waals surface area (Å²) in [4.78, 5) is 22.3. The molecule has 0 saturated heterocycles. The summed E-state index contributed by atoms with van der Waals surface area (Å²) in [6, 6.07) is 2.79. The monoisotopic (exact) mass is 265 g/mol. The van der Waals surface area contributed by atoms with E-state index in [1.54, 1.807) is 33.8 Å². The van der Waals surface area contributed by atoms with Crippen molar-refractivity contribution in [1.82, 2.24) is 0 Å². The van der Waals surface area contributed by atoms with E-state index in [9.17, 15) is 14.9 Å². The molecular weight excluding hydrogens is 246 g/mol. The van der Waals surface area contributed by atoms with Gasteiger partial charge in [0.2, 0.25) is 5.91 Å². The Kier molecular flexibility index (Phi) is 4.61. The van der Waals surface area contributed by atoms with E-state index in [0.29, 0.717) is 11.3 Å². The van der Waals surface area contributed by atoms with Crippen molar-refractivity contribution in [3.8, 4) is 0 Å². The smallest absolute Gasteiger partial charge is 0.274 e. The van der Waals surface area contributed by atoms with E-state index in [2.05, 4.69) is 5.32 Å². The van der Waals surface area contributed by atoms with Gasteiger partial charge >= 0.3 is 0 Å². The average Bonchev–Trinajstić information content (AvgIpc) is 2.30. The predicted molar refractivity (Wildman–Crippen MR) is 74.0 cm³/mol. The molecule has 0 aliphatic carbocycles. The summed E-state index contributed by atoms with van der Waals surface area (Å²) in [7, 11) is 0. The standard InChI is InChI=1S/C13H19N3O3/c1-7-5-8(2)12(16(18)19)6-11(7)15-13(17)9(3)10(4)14/h5-6,9-10H,14H2,1-4H3,(H,15,17). The second kappa shape index (κ2) is 5.79. The molecule has 0 aromatic heterocycles. The van der Waals surface area contributed by atoms with E-state index in [-0.39, 0.29) is 23.6 Å². The number of nitrogens with two attached hydrogens (primary N) is 1. The number of carbonyl (C=O) groups excluding carboxylic acids is 1. The number of amides is 1. The molecule has 0 aliphatic rings. The van der Waals surface area contributed by atoms with Gasteiger partial charge in [0.15, 0.2) is 0 Å². The molecule has 6 nitrogen and oxygen atoms in total. The van der Waals surface area contributed by atoms with Crippen LogP contribution in [0.25, 0.3) is 0 Å². The maximum Gasteiger partial charge on any atom is 0.274 e. The predicted octanol–water partition coefficient (Wildman–Crippen LogP) is 2.13. The van der Waals surface area contributed by atoms with Crippen LogP contribution in [-0.4, -0.2) is 16.9 Å². The maximum atomic E-state index is 11.9. The summed E-state index contributed by atoms with van der Waals surface area (Å²) in [5.74, 6) is -0.601. The van der Waals surface area contributed by atoms with Gasteiger partial charge in [-0.3, -0.25) is 14.9 Å². The summed E-state index contributed by atoms with van der Waals surface area (Å²) in [5.41, 5.74) is 7.47. The molecule has 1 rings (SSSR count). The van der Waals surface area contributed by atoms with Gasteiger partial charge in [0.05, 0.1) is 16.5 Å². The first-order valence-electron chi connectivity index (χ1n) is 6.06. The third kappa shape index (κ3) is 3.51. The third-order valence-corrected chi connectivity index (χ3v) is 3.20. The molecule has 0 heterocycles. The Morgan fingerprint density at radius 2 is 1.89 bits per heavy atom. The second-order valence-electron chi connectivity index (χ2n) is 4.85. The molecule has 1 amide bonds. The van der Waals surface area contributed by atoms with Gasteiger partial charge in [0.1, 0.15) is 0 Å². The van der Waals surface area contributed by atoms with Gasteiger partial charge in [-0.1, -0.05) is 6.92 Å². The van der Waals surface area contributed by atoms with Crippen molar-refractivity contribution in [2.24, 2.45) is 11.7 Å². The average molecular weight is 265 g/mol. The van der Waals surface area contributed by atoms with Crippen LogP contribution in [-0.2, 0) is 4.79 Å². The van der Waals surface area contributed by atoms with Gasteiger partial charge in [-0.05, 0) is 32.4 Å². The van der Waals surface area contributed by atoms with Gasteiger partial charge in [0.25, 0.3) is 5.69 Å². The van der Waals surface area contributed by atoms with Crippen LogP contribution in [0.5, 0.6) is 0 Å². The fraction of sp³-hybridized carbons (Fsp3) is 0.462. The van der Waals surface area contributed by atoms with Gasteiger partial charge in [-0.15, -0.1) is 0 Å².